The van der Waals surface area contributed by atoms with Gasteiger partial charge in [0, 0.05) is 35.4 Å². The van der Waals surface area contributed by atoms with Crippen LogP contribution in [0.4, 0.5) is 17.1 Å². The Morgan fingerprint density at radius 1 is 1.10 bits per heavy atom. The molecule has 0 aromatic heterocycles. The van der Waals surface area contributed by atoms with E-state index >= 15 is 0 Å². The minimum absolute atomic E-state index is 0.167. The maximum Gasteiger partial charge on any atom is 0.271 e. The lowest BCUT2D eigenvalue weighted by molar-refractivity contribution is -0.384. The summed E-state index contributed by atoms with van der Waals surface area (Å²) in [4.78, 5) is 25.3. The highest BCUT2D eigenvalue weighted by molar-refractivity contribution is 6.12. The number of hydrogen-bond donors (Lipinski definition) is 2. The van der Waals surface area contributed by atoms with Gasteiger partial charge < -0.3 is 15.2 Å². The average Bonchev–Trinajstić information content (AvgIpc) is 3.01. The SMILES string of the molecule is O=C1c2ccccc2C(O)(c2ccc3c(c2)NCCO3)N1c1cccc([N+](=O)[O-])c1. The Balaban J connectivity index is 1.73. The van der Waals surface area contributed by atoms with Crippen molar-refractivity contribution in [3.63, 3.8) is 0 Å². The predicted octanol–water partition coefficient (Wildman–Crippen LogP) is 3.25. The Bertz CT molecular complexity index is 1190. The smallest absolute Gasteiger partial charge is 0.271 e. The molecular weight excluding hydrogens is 386 g/mol. The highest BCUT2D eigenvalue weighted by atomic mass is 16.6. The molecule has 0 spiro atoms. The first-order valence-electron chi connectivity index (χ1n) is 9.42. The van der Waals surface area contributed by atoms with E-state index in [0.717, 1.165) is 0 Å². The molecule has 150 valence electrons. The molecule has 0 saturated heterocycles. The van der Waals surface area contributed by atoms with Crippen molar-refractivity contribution < 1.29 is 19.6 Å². The molecule has 2 aliphatic rings. The summed E-state index contributed by atoms with van der Waals surface area (Å²) in [5.41, 5.74) is 0.143. The van der Waals surface area contributed by atoms with Crippen LogP contribution < -0.4 is 15.0 Å². The molecule has 2 aliphatic heterocycles. The van der Waals surface area contributed by atoms with Gasteiger partial charge in [0.05, 0.1) is 16.3 Å². The van der Waals surface area contributed by atoms with Gasteiger partial charge in [0.25, 0.3) is 11.6 Å². The molecule has 5 rings (SSSR count). The van der Waals surface area contributed by atoms with Gasteiger partial charge in [0.2, 0.25) is 0 Å². The summed E-state index contributed by atoms with van der Waals surface area (Å²) in [7, 11) is 0. The van der Waals surface area contributed by atoms with Gasteiger partial charge in [-0.25, -0.2) is 0 Å². The number of nitrogens with zero attached hydrogens (tertiary/aromatic N) is 2. The molecule has 2 heterocycles. The van der Waals surface area contributed by atoms with Gasteiger partial charge >= 0.3 is 0 Å². The first-order valence-corrected chi connectivity index (χ1v) is 9.42. The quantitative estimate of drug-likeness (QED) is 0.514. The number of benzene rings is 3. The summed E-state index contributed by atoms with van der Waals surface area (Å²) < 4.78 is 5.62. The largest absolute Gasteiger partial charge is 0.490 e. The van der Waals surface area contributed by atoms with Crippen LogP contribution in [0.5, 0.6) is 5.75 Å². The zero-order valence-corrected chi connectivity index (χ0v) is 15.7. The van der Waals surface area contributed by atoms with E-state index in [2.05, 4.69) is 5.32 Å². The van der Waals surface area contributed by atoms with Crippen LogP contribution in [-0.2, 0) is 5.72 Å². The lowest BCUT2D eigenvalue weighted by Crippen LogP contribution is -2.45. The Morgan fingerprint density at radius 2 is 1.93 bits per heavy atom. The molecule has 1 unspecified atom stereocenters. The fourth-order valence-electron chi connectivity index (χ4n) is 4.05. The molecule has 8 nitrogen and oxygen atoms in total. The van der Waals surface area contributed by atoms with Gasteiger partial charge in [0.15, 0.2) is 5.72 Å². The average molecular weight is 403 g/mol. The van der Waals surface area contributed by atoms with E-state index in [1.54, 1.807) is 48.5 Å². The molecule has 1 atom stereocenters. The van der Waals surface area contributed by atoms with E-state index in [9.17, 15) is 20.0 Å². The van der Waals surface area contributed by atoms with E-state index in [1.165, 1.54) is 23.1 Å². The third-order valence-electron chi connectivity index (χ3n) is 5.42. The molecule has 0 bridgehead atoms. The monoisotopic (exact) mass is 403 g/mol. The maximum atomic E-state index is 13.3. The van der Waals surface area contributed by atoms with Crippen molar-refractivity contribution >= 4 is 23.0 Å². The number of non-ortho nitro benzene ring substituents is 1. The van der Waals surface area contributed by atoms with Crippen molar-refractivity contribution in [3.05, 3.63) is 93.5 Å². The van der Waals surface area contributed by atoms with E-state index in [4.69, 9.17) is 4.74 Å². The maximum absolute atomic E-state index is 13.3. The number of carbonyl (C=O) groups excluding carboxylic acids is 1. The number of fused-ring (bicyclic) bond motifs is 2. The Morgan fingerprint density at radius 3 is 2.77 bits per heavy atom. The van der Waals surface area contributed by atoms with E-state index in [0.29, 0.717) is 41.3 Å². The van der Waals surface area contributed by atoms with Crippen molar-refractivity contribution in [2.45, 2.75) is 5.72 Å². The summed E-state index contributed by atoms with van der Waals surface area (Å²) in [6.07, 6.45) is 0. The number of nitro benzene ring substituents is 1. The third-order valence-corrected chi connectivity index (χ3v) is 5.42. The first-order chi connectivity index (χ1) is 14.5. The van der Waals surface area contributed by atoms with Crippen LogP contribution >= 0.6 is 0 Å². The van der Waals surface area contributed by atoms with Crippen molar-refractivity contribution in [2.75, 3.05) is 23.4 Å². The molecule has 3 aromatic rings. The number of hydrogen-bond acceptors (Lipinski definition) is 6. The van der Waals surface area contributed by atoms with Crippen molar-refractivity contribution in [2.24, 2.45) is 0 Å². The number of aliphatic hydroxyl groups is 1. The Labute approximate surface area is 171 Å². The van der Waals surface area contributed by atoms with E-state index in [1.807, 2.05) is 0 Å². The molecule has 0 radical (unpaired) electrons. The van der Waals surface area contributed by atoms with Gasteiger partial charge in [-0.05, 0) is 30.3 Å². The number of nitrogens with one attached hydrogen (secondary N) is 1. The summed E-state index contributed by atoms with van der Waals surface area (Å²) in [5, 5.41) is 26.5. The number of nitro groups is 1. The van der Waals surface area contributed by atoms with Crippen LogP contribution in [0.15, 0.2) is 66.7 Å². The fourth-order valence-corrected chi connectivity index (χ4v) is 4.05. The number of rotatable bonds is 3. The van der Waals surface area contributed by atoms with Crippen LogP contribution in [0, 0.1) is 10.1 Å². The van der Waals surface area contributed by atoms with Crippen LogP contribution in [0.25, 0.3) is 0 Å². The van der Waals surface area contributed by atoms with Crippen molar-refractivity contribution in [1.82, 2.24) is 0 Å². The molecule has 2 N–H and O–H groups in total. The second-order valence-electron chi connectivity index (χ2n) is 7.12. The molecule has 3 aromatic carbocycles. The minimum atomic E-state index is -1.84. The number of ether oxygens (including phenoxy) is 1. The second kappa shape index (κ2) is 6.57. The standard InChI is InChI=1S/C22H17N3O5/c26-21-17-6-1-2-7-18(17)22(27,14-8-9-20-19(12-14)23-10-11-30-20)24(21)15-4-3-5-16(13-15)25(28)29/h1-9,12-13,23,27H,10-11H2. The second-order valence-corrected chi connectivity index (χ2v) is 7.12. The first kappa shape index (κ1) is 18.1. The molecule has 30 heavy (non-hydrogen) atoms. The van der Waals surface area contributed by atoms with Crippen LogP contribution in [0.2, 0.25) is 0 Å². The number of carbonyl (C=O) groups is 1. The summed E-state index contributed by atoms with van der Waals surface area (Å²) >= 11 is 0. The topological polar surface area (TPSA) is 105 Å². The zero-order valence-electron chi connectivity index (χ0n) is 15.7. The van der Waals surface area contributed by atoms with Gasteiger partial charge in [-0.1, -0.05) is 24.3 Å². The molecule has 0 aliphatic carbocycles. The lowest BCUT2D eigenvalue weighted by Gasteiger charge is -2.35. The summed E-state index contributed by atoms with van der Waals surface area (Å²) in [6, 6.07) is 17.7. The van der Waals surface area contributed by atoms with Gasteiger partial charge in [0.1, 0.15) is 12.4 Å². The van der Waals surface area contributed by atoms with Crippen molar-refractivity contribution in [3.8, 4) is 5.75 Å². The summed E-state index contributed by atoms with van der Waals surface area (Å²) in [5.74, 6) is 0.226. The fraction of sp³-hybridized carbons (Fsp3) is 0.136. The van der Waals surface area contributed by atoms with Gasteiger partial charge in [-0.15, -0.1) is 0 Å². The van der Waals surface area contributed by atoms with Crippen LogP contribution in [0.1, 0.15) is 21.5 Å². The Hall–Kier alpha value is -3.91. The van der Waals surface area contributed by atoms with E-state index in [-0.39, 0.29) is 11.4 Å². The molecule has 0 saturated carbocycles. The zero-order chi connectivity index (χ0) is 20.9. The number of amides is 1. The minimum Gasteiger partial charge on any atom is -0.490 e. The van der Waals surface area contributed by atoms with Crippen LogP contribution in [0.3, 0.4) is 0 Å². The van der Waals surface area contributed by atoms with Gasteiger partial charge in [-0.3, -0.25) is 19.8 Å². The number of anilines is 2. The van der Waals surface area contributed by atoms with Gasteiger partial charge in [-0.2, -0.15) is 0 Å². The molecule has 8 heteroatoms. The van der Waals surface area contributed by atoms with Crippen molar-refractivity contribution in [1.29, 1.82) is 0 Å². The Kier molecular flexibility index (Phi) is 3.97. The summed E-state index contributed by atoms with van der Waals surface area (Å²) in [6.45, 7) is 1.16. The molecule has 1 amide bonds. The molecular formula is C22H17N3O5. The van der Waals surface area contributed by atoms with Crippen LogP contribution in [-0.4, -0.2) is 29.1 Å². The normalized spacial score (nSPS) is 19.5. The highest BCUT2D eigenvalue weighted by Crippen LogP contribution is 2.46. The predicted molar refractivity (Wildman–Crippen MR) is 110 cm³/mol. The third kappa shape index (κ3) is 2.54. The lowest BCUT2D eigenvalue weighted by atomic mass is 9.93. The highest BCUT2D eigenvalue weighted by Gasteiger charge is 2.51. The van der Waals surface area contributed by atoms with E-state index < -0.39 is 16.6 Å². The molecule has 0 fully saturated rings.